The predicted molar refractivity (Wildman–Crippen MR) is 122 cm³/mol. The summed E-state index contributed by atoms with van der Waals surface area (Å²) < 4.78 is 15.4. The average Bonchev–Trinajstić information content (AvgIpc) is 3.17. The maximum Gasteiger partial charge on any atom is 0.271 e. The number of nitrogens with one attached hydrogen (secondary N) is 1. The number of amides is 2. The number of benzene rings is 2. The number of fused-ring (bicyclic) bond motifs is 3. The zero-order valence-electron chi connectivity index (χ0n) is 18.3. The van der Waals surface area contributed by atoms with Crippen LogP contribution in [-0.4, -0.2) is 32.9 Å². The monoisotopic (exact) mass is 433 g/mol. The van der Waals surface area contributed by atoms with E-state index in [9.17, 15) is 14.0 Å². The predicted octanol–water partition coefficient (Wildman–Crippen LogP) is 4.64. The van der Waals surface area contributed by atoms with Gasteiger partial charge in [-0.3, -0.25) is 9.59 Å². The van der Waals surface area contributed by atoms with E-state index >= 15 is 0 Å². The van der Waals surface area contributed by atoms with Gasteiger partial charge in [0, 0.05) is 23.5 Å². The van der Waals surface area contributed by atoms with E-state index in [-0.39, 0.29) is 30.2 Å². The van der Waals surface area contributed by atoms with Crippen LogP contribution in [0.5, 0.6) is 0 Å². The van der Waals surface area contributed by atoms with Gasteiger partial charge in [-0.1, -0.05) is 49.6 Å². The molecule has 1 N–H and O–H groups in total. The van der Waals surface area contributed by atoms with Crippen molar-refractivity contribution in [1.82, 2.24) is 14.8 Å². The zero-order chi connectivity index (χ0) is 22.3. The van der Waals surface area contributed by atoms with Crippen LogP contribution in [0.1, 0.15) is 55.1 Å². The SMILES string of the molecule is CC1(C(=O)NC2CCCCC2)Cn2c(cc3ccccc32)C(=O)N1Cc1ccc(F)cc1. The van der Waals surface area contributed by atoms with Crippen LogP contribution < -0.4 is 5.32 Å². The number of para-hydroxylation sites is 1. The van der Waals surface area contributed by atoms with E-state index in [2.05, 4.69) is 5.32 Å². The van der Waals surface area contributed by atoms with Crippen molar-refractivity contribution < 1.29 is 14.0 Å². The molecule has 1 saturated carbocycles. The molecule has 5 nitrogen and oxygen atoms in total. The lowest BCUT2D eigenvalue weighted by Crippen LogP contribution is -2.64. The number of rotatable bonds is 4. The first-order valence-electron chi connectivity index (χ1n) is 11.4. The number of hydrogen-bond acceptors (Lipinski definition) is 2. The standard InChI is InChI=1S/C26H28FN3O2/c1-26(25(32)28-21-8-3-2-4-9-21)17-29-22-10-6-5-7-19(22)15-23(29)24(31)30(26)16-18-11-13-20(27)14-12-18/h5-7,10-15,21H,2-4,8-9,16-17H2,1H3,(H,28,32). The van der Waals surface area contributed by atoms with Crippen molar-refractivity contribution in [1.29, 1.82) is 0 Å². The molecule has 1 aliphatic carbocycles. The minimum absolute atomic E-state index is 0.122. The first-order valence-corrected chi connectivity index (χ1v) is 11.4. The quantitative estimate of drug-likeness (QED) is 0.652. The third kappa shape index (κ3) is 3.57. The van der Waals surface area contributed by atoms with Crippen LogP contribution in [0.15, 0.2) is 54.6 Å². The van der Waals surface area contributed by atoms with Gasteiger partial charge in [-0.25, -0.2) is 4.39 Å². The Morgan fingerprint density at radius 3 is 2.56 bits per heavy atom. The molecule has 5 rings (SSSR count). The van der Waals surface area contributed by atoms with Gasteiger partial charge in [0.15, 0.2) is 0 Å². The molecule has 166 valence electrons. The summed E-state index contributed by atoms with van der Waals surface area (Å²) in [5.41, 5.74) is 1.27. The number of aromatic nitrogens is 1. The first kappa shape index (κ1) is 20.7. The molecular formula is C26H28FN3O2. The van der Waals surface area contributed by atoms with E-state index < -0.39 is 5.54 Å². The van der Waals surface area contributed by atoms with Gasteiger partial charge in [-0.2, -0.15) is 0 Å². The lowest BCUT2D eigenvalue weighted by molar-refractivity contribution is -0.134. The van der Waals surface area contributed by atoms with Crippen LogP contribution in [-0.2, 0) is 17.9 Å². The molecule has 32 heavy (non-hydrogen) atoms. The molecule has 0 spiro atoms. The van der Waals surface area contributed by atoms with Crippen LogP contribution in [0.4, 0.5) is 4.39 Å². The Bertz CT molecular complexity index is 1160. The highest BCUT2D eigenvalue weighted by atomic mass is 19.1. The molecule has 2 heterocycles. The Morgan fingerprint density at radius 1 is 1.09 bits per heavy atom. The highest BCUT2D eigenvalue weighted by Crippen LogP contribution is 2.34. The van der Waals surface area contributed by atoms with Crippen LogP contribution in [0, 0.1) is 5.82 Å². The maximum absolute atomic E-state index is 13.7. The Balaban J connectivity index is 1.54. The molecule has 1 fully saturated rings. The molecule has 0 bridgehead atoms. The maximum atomic E-state index is 13.7. The van der Waals surface area contributed by atoms with Crippen molar-refractivity contribution in [2.45, 2.75) is 63.7 Å². The normalized spacial score (nSPS) is 21.6. The van der Waals surface area contributed by atoms with E-state index in [0.29, 0.717) is 12.2 Å². The summed E-state index contributed by atoms with van der Waals surface area (Å²) in [7, 11) is 0. The van der Waals surface area contributed by atoms with Crippen molar-refractivity contribution >= 4 is 22.7 Å². The van der Waals surface area contributed by atoms with Crippen molar-refractivity contribution in [3.8, 4) is 0 Å². The Hall–Kier alpha value is -3.15. The van der Waals surface area contributed by atoms with Crippen molar-refractivity contribution in [2.75, 3.05) is 0 Å². The third-order valence-corrected chi connectivity index (χ3v) is 7.02. The molecule has 1 unspecified atom stereocenters. The topological polar surface area (TPSA) is 54.3 Å². The fourth-order valence-corrected chi connectivity index (χ4v) is 5.11. The van der Waals surface area contributed by atoms with Gasteiger partial charge in [0.2, 0.25) is 5.91 Å². The third-order valence-electron chi connectivity index (χ3n) is 7.02. The Labute approximate surface area is 187 Å². The summed E-state index contributed by atoms with van der Waals surface area (Å²) in [4.78, 5) is 29.1. The largest absolute Gasteiger partial charge is 0.351 e. The van der Waals surface area contributed by atoms with Crippen LogP contribution >= 0.6 is 0 Å². The number of nitrogens with zero attached hydrogens (tertiary/aromatic N) is 2. The summed E-state index contributed by atoms with van der Waals surface area (Å²) >= 11 is 0. The molecule has 0 radical (unpaired) electrons. The molecule has 1 aromatic heterocycles. The Morgan fingerprint density at radius 2 is 1.81 bits per heavy atom. The molecule has 2 amide bonds. The fraction of sp³-hybridized carbons (Fsp3) is 0.385. The minimum atomic E-state index is -1.06. The van der Waals surface area contributed by atoms with Crippen molar-refractivity contribution in [2.24, 2.45) is 0 Å². The van der Waals surface area contributed by atoms with Gasteiger partial charge in [0.25, 0.3) is 5.91 Å². The molecule has 6 heteroatoms. The summed E-state index contributed by atoms with van der Waals surface area (Å²) in [5, 5.41) is 4.22. The lowest BCUT2D eigenvalue weighted by atomic mass is 9.91. The van der Waals surface area contributed by atoms with Gasteiger partial charge in [0.05, 0.1) is 6.54 Å². The van der Waals surface area contributed by atoms with Crippen LogP contribution in [0.25, 0.3) is 10.9 Å². The summed E-state index contributed by atoms with van der Waals surface area (Å²) in [6.07, 6.45) is 5.40. The number of halogens is 1. The highest BCUT2D eigenvalue weighted by Gasteiger charge is 2.48. The average molecular weight is 434 g/mol. The van der Waals surface area contributed by atoms with Crippen molar-refractivity contribution in [3.05, 3.63) is 71.7 Å². The molecule has 1 atom stereocenters. The van der Waals surface area contributed by atoms with Gasteiger partial charge in [0.1, 0.15) is 17.1 Å². The summed E-state index contributed by atoms with van der Waals surface area (Å²) in [5.74, 6) is -0.627. The second kappa shape index (κ2) is 8.08. The molecular weight excluding hydrogens is 405 g/mol. The second-order valence-electron chi connectivity index (χ2n) is 9.27. The minimum Gasteiger partial charge on any atom is -0.351 e. The summed E-state index contributed by atoms with van der Waals surface area (Å²) in [6, 6.07) is 16.0. The molecule has 2 aromatic carbocycles. The zero-order valence-corrected chi connectivity index (χ0v) is 18.3. The Kier molecular flexibility index (Phi) is 5.24. The summed E-state index contributed by atoms with van der Waals surface area (Å²) in [6.45, 7) is 2.47. The molecule has 3 aromatic rings. The van der Waals surface area contributed by atoms with E-state index in [4.69, 9.17) is 0 Å². The van der Waals surface area contributed by atoms with Gasteiger partial charge < -0.3 is 14.8 Å². The molecule has 2 aliphatic rings. The molecule has 0 saturated heterocycles. The second-order valence-corrected chi connectivity index (χ2v) is 9.27. The van der Waals surface area contributed by atoms with E-state index in [1.54, 1.807) is 17.0 Å². The van der Waals surface area contributed by atoms with Crippen molar-refractivity contribution in [3.63, 3.8) is 0 Å². The van der Waals surface area contributed by atoms with Crippen LogP contribution in [0.2, 0.25) is 0 Å². The van der Waals surface area contributed by atoms with Gasteiger partial charge >= 0.3 is 0 Å². The van der Waals surface area contributed by atoms with E-state index in [1.165, 1.54) is 18.6 Å². The van der Waals surface area contributed by atoms with Crippen LogP contribution in [0.3, 0.4) is 0 Å². The fourth-order valence-electron chi connectivity index (χ4n) is 5.11. The number of hydrogen-bond donors (Lipinski definition) is 1. The number of carbonyl (C=O) groups is 2. The number of carbonyl (C=O) groups excluding carboxylic acids is 2. The van der Waals surface area contributed by atoms with E-state index in [0.717, 1.165) is 42.1 Å². The van der Waals surface area contributed by atoms with E-state index in [1.807, 2.05) is 41.8 Å². The van der Waals surface area contributed by atoms with Gasteiger partial charge in [-0.05, 0) is 49.6 Å². The first-order chi connectivity index (χ1) is 15.5. The highest BCUT2D eigenvalue weighted by molar-refractivity contribution is 6.03. The smallest absolute Gasteiger partial charge is 0.271 e. The van der Waals surface area contributed by atoms with Gasteiger partial charge in [-0.15, -0.1) is 0 Å². The lowest BCUT2D eigenvalue weighted by Gasteiger charge is -2.45. The molecule has 1 aliphatic heterocycles.